The number of anilines is 1. The molecule has 0 aliphatic carbocycles. The summed E-state index contributed by atoms with van der Waals surface area (Å²) in [5, 5.41) is 6.77. The Morgan fingerprint density at radius 2 is 1.82 bits per heavy atom. The van der Waals surface area contributed by atoms with Crippen molar-refractivity contribution in [2.24, 2.45) is 0 Å². The summed E-state index contributed by atoms with van der Waals surface area (Å²) in [4.78, 5) is 15.4. The number of nitrogens with one attached hydrogen (secondary N) is 1. The molecular weight excluding hydrogens is 267 g/mol. The van der Waals surface area contributed by atoms with E-state index in [2.05, 4.69) is 30.4 Å². The van der Waals surface area contributed by atoms with E-state index >= 15 is 0 Å². The van der Waals surface area contributed by atoms with Crippen LogP contribution in [-0.2, 0) is 6.42 Å². The lowest BCUT2D eigenvalue weighted by atomic mass is 10.4. The zero-order valence-corrected chi connectivity index (χ0v) is 10.3. The van der Waals surface area contributed by atoms with Crippen LogP contribution in [0.2, 0.25) is 10.6 Å². The Morgan fingerprint density at radius 1 is 1.12 bits per heavy atom. The molecule has 0 atom stereocenters. The molecule has 0 bridgehead atoms. The smallest absolute Gasteiger partial charge is 0.228 e. The average molecular weight is 275 g/mol. The lowest BCUT2D eigenvalue weighted by molar-refractivity contribution is 0.387. The van der Waals surface area contributed by atoms with E-state index in [0.29, 0.717) is 30.6 Å². The van der Waals surface area contributed by atoms with Gasteiger partial charge in [0.05, 0.1) is 0 Å². The number of hydrogen-bond donors (Lipinski definition) is 1. The van der Waals surface area contributed by atoms with E-state index in [1.165, 1.54) is 0 Å². The molecule has 2 aromatic heterocycles. The van der Waals surface area contributed by atoms with Crippen molar-refractivity contribution in [2.75, 3.05) is 11.9 Å². The van der Waals surface area contributed by atoms with Crippen molar-refractivity contribution in [3.05, 3.63) is 22.3 Å². The van der Waals surface area contributed by atoms with Gasteiger partial charge in [-0.2, -0.15) is 19.9 Å². The van der Waals surface area contributed by atoms with Crippen LogP contribution >= 0.6 is 23.2 Å². The van der Waals surface area contributed by atoms with Crippen molar-refractivity contribution in [3.63, 3.8) is 0 Å². The van der Waals surface area contributed by atoms with Gasteiger partial charge in [0.1, 0.15) is 0 Å². The van der Waals surface area contributed by atoms with Crippen molar-refractivity contribution >= 4 is 29.2 Å². The fraction of sp³-hybridized carbons (Fsp3) is 0.375. The van der Waals surface area contributed by atoms with Crippen LogP contribution < -0.4 is 5.32 Å². The summed E-state index contributed by atoms with van der Waals surface area (Å²) >= 11 is 11.2. The van der Waals surface area contributed by atoms with Crippen LogP contribution in [0.4, 0.5) is 5.95 Å². The average Bonchev–Trinajstić information content (AvgIpc) is 2.63. The molecule has 2 rings (SSSR count). The largest absolute Gasteiger partial charge is 0.354 e. The Bertz CT molecular complexity index is 496. The first-order valence-corrected chi connectivity index (χ1v) is 5.49. The highest BCUT2D eigenvalue weighted by atomic mass is 35.5. The second-order valence-corrected chi connectivity index (χ2v) is 3.78. The Labute approximate surface area is 107 Å². The predicted molar refractivity (Wildman–Crippen MR) is 61.1 cm³/mol. The molecule has 90 valence electrons. The van der Waals surface area contributed by atoms with Gasteiger partial charge in [0.25, 0.3) is 0 Å². The van der Waals surface area contributed by atoms with Gasteiger partial charge in [-0.3, -0.25) is 0 Å². The van der Waals surface area contributed by atoms with Gasteiger partial charge in [0, 0.05) is 19.9 Å². The van der Waals surface area contributed by atoms with Gasteiger partial charge >= 0.3 is 0 Å². The summed E-state index contributed by atoms with van der Waals surface area (Å²) in [5.41, 5.74) is 0. The molecule has 0 saturated heterocycles. The van der Waals surface area contributed by atoms with Crippen LogP contribution in [0.25, 0.3) is 0 Å². The standard InChI is InChI=1S/C8H8Cl2N6O/c1-4-12-5(16-17-4)2-3-11-8-14-6(9)13-7(10)15-8/h2-3H2,1H3,(H,11,13,14,15). The maximum atomic E-state index is 5.62. The molecule has 2 heterocycles. The van der Waals surface area contributed by atoms with Crippen LogP contribution in [0, 0.1) is 6.92 Å². The second-order valence-electron chi connectivity index (χ2n) is 3.10. The summed E-state index contributed by atoms with van der Waals surface area (Å²) in [6.07, 6.45) is 0.582. The van der Waals surface area contributed by atoms with Crippen molar-refractivity contribution in [1.29, 1.82) is 0 Å². The van der Waals surface area contributed by atoms with E-state index in [-0.39, 0.29) is 10.6 Å². The molecule has 2 aromatic rings. The number of aromatic nitrogens is 5. The van der Waals surface area contributed by atoms with E-state index in [1.54, 1.807) is 6.92 Å². The molecule has 0 amide bonds. The highest BCUT2D eigenvalue weighted by Gasteiger charge is 2.04. The lowest BCUT2D eigenvalue weighted by Crippen LogP contribution is -2.09. The van der Waals surface area contributed by atoms with Crippen molar-refractivity contribution in [1.82, 2.24) is 25.1 Å². The molecule has 7 nitrogen and oxygen atoms in total. The van der Waals surface area contributed by atoms with E-state index in [9.17, 15) is 0 Å². The highest BCUT2D eigenvalue weighted by Crippen LogP contribution is 2.09. The minimum absolute atomic E-state index is 0.0444. The molecule has 0 radical (unpaired) electrons. The lowest BCUT2D eigenvalue weighted by Gasteiger charge is -2.02. The number of halogens is 2. The third kappa shape index (κ3) is 3.50. The fourth-order valence-electron chi connectivity index (χ4n) is 1.13. The van der Waals surface area contributed by atoms with E-state index in [1.807, 2.05) is 0 Å². The maximum absolute atomic E-state index is 5.62. The monoisotopic (exact) mass is 274 g/mol. The van der Waals surface area contributed by atoms with Crippen LogP contribution in [0.15, 0.2) is 4.52 Å². The molecule has 1 N–H and O–H groups in total. The maximum Gasteiger partial charge on any atom is 0.228 e. The second kappa shape index (κ2) is 5.24. The third-order valence-corrected chi connectivity index (χ3v) is 2.12. The number of hydrogen-bond acceptors (Lipinski definition) is 7. The predicted octanol–water partition coefficient (Wildman–Crippen LogP) is 1.52. The first kappa shape index (κ1) is 12.0. The molecule has 0 spiro atoms. The van der Waals surface area contributed by atoms with Crippen molar-refractivity contribution in [2.45, 2.75) is 13.3 Å². The van der Waals surface area contributed by atoms with Gasteiger partial charge in [-0.25, -0.2) is 0 Å². The highest BCUT2D eigenvalue weighted by molar-refractivity contribution is 6.31. The molecular formula is C8H8Cl2N6O. The fourth-order valence-corrected chi connectivity index (χ4v) is 1.50. The van der Waals surface area contributed by atoms with Gasteiger partial charge in [-0.05, 0) is 23.2 Å². The number of aryl methyl sites for hydroxylation is 1. The van der Waals surface area contributed by atoms with Gasteiger partial charge in [0.2, 0.25) is 22.4 Å². The van der Waals surface area contributed by atoms with Gasteiger partial charge in [-0.1, -0.05) is 5.16 Å². The molecule has 17 heavy (non-hydrogen) atoms. The first-order chi connectivity index (χ1) is 8.13. The summed E-state index contributed by atoms with van der Waals surface area (Å²) in [6, 6.07) is 0. The minimum atomic E-state index is 0.0444. The zero-order valence-electron chi connectivity index (χ0n) is 8.81. The molecule has 9 heteroatoms. The van der Waals surface area contributed by atoms with E-state index in [4.69, 9.17) is 27.7 Å². The molecule has 0 unspecified atom stereocenters. The normalized spacial score (nSPS) is 10.5. The number of nitrogens with zero attached hydrogens (tertiary/aromatic N) is 5. The van der Waals surface area contributed by atoms with Gasteiger partial charge < -0.3 is 9.84 Å². The quantitative estimate of drug-likeness (QED) is 0.904. The van der Waals surface area contributed by atoms with Crippen molar-refractivity contribution in [3.8, 4) is 0 Å². The molecule has 0 aliphatic rings. The Balaban J connectivity index is 1.89. The summed E-state index contributed by atoms with van der Waals surface area (Å²) in [7, 11) is 0. The van der Waals surface area contributed by atoms with Gasteiger partial charge in [0.15, 0.2) is 5.82 Å². The summed E-state index contributed by atoms with van der Waals surface area (Å²) in [6.45, 7) is 2.27. The molecule has 0 aliphatic heterocycles. The third-order valence-electron chi connectivity index (χ3n) is 1.78. The number of rotatable bonds is 4. The zero-order chi connectivity index (χ0) is 12.3. The molecule has 0 saturated carbocycles. The van der Waals surface area contributed by atoms with E-state index in [0.717, 1.165) is 0 Å². The van der Waals surface area contributed by atoms with Crippen molar-refractivity contribution < 1.29 is 4.52 Å². The van der Waals surface area contributed by atoms with Crippen LogP contribution in [-0.4, -0.2) is 31.6 Å². The molecule has 0 fully saturated rings. The van der Waals surface area contributed by atoms with E-state index < -0.39 is 0 Å². The molecule has 0 aromatic carbocycles. The minimum Gasteiger partial charge on any atom is -0.354 e. The topological polar surface area (TPSA) is 89.6 Å². The van der Waals surface area contributed by atoms with Gasteiger partial charge in [-0.15, -0.1) is 0 Å². The summed E-state index contributed by atoms with van der Waals surface area (Å²) < 4.78 is 4.83. The first-order valence-electron chi connectivity index (χ1n) is 4.73. The van der Waals surface area contributed by atoms with Crippen LogP contribution in [0.5, 0.6) is 0 Å². The Morgan fingerprint density at radius 3 is 2.41 bits per heavy atom. The van der Waals surface area contributed by atoms with Crippen LogP contribution in [0.1, 0.15) is 11.7 Å². The van der Waals surface area contributed by atoms with Crippen LogP contribution in [0.3, 0.4) is 0 Å². The SMILES string of the molecule is Cc1nc(CCNc2nc(Cl)nc(Cl)n2)no1. The summed E-state index contributed by atoms with van der Waals surface area (Å²) in [5.74, 6) is 1.46. The Kier molecular flexibility index (Phi) is 3.70. The Hall–Kier alpha value is -1.47.